The van der Waals surface area contributed by atoms with Crippen LogP contribution in [0.2, 0.25) is 0 Å². The van der Waals surface area contributed by atoms with E-state index in [-0.39, 0.29) is 0 Å². The number of hydrogen-bond acceptors (Lipinski definition) is 2. The summed E-state index contributed by atoms with van der Waals surface area (Å²) in [7, 11) is 2.18. The lowest BCUT2D eigenvalue weighted by atomic mass is 10.1. The Balaban J connectivity index is 1.97. The van der Waals surface area contributed by atoms with Crippen LogP contribution in [0, 0.1) is 6.92 Å². The van der Waals surface area contributed by atoms with E-state index >= 15 is 0 Å². The maximum atomic E-state index is 2.44. The molecule has 0 amide bonds. The Morgan fingerprint density at radius 3 is 2.05 bits per heavy atom. The average Bonchev–Trinajstić information content (AvgIpc) is 2.77. The second-order valence-electron chi connectivity index (χ2n) is 6.09. The van der Waals surface area contributed by atoms with E-state index in [2.05, 4.69) is 91.4 Å². The molecule has 1 atom stereocenters. The van der Waals surface area contributed by atoms with Gasteiger partial charge in [0.25, 0.3) is 0 Å². The highest BCUT2D eigenvalue weighted by Crippen LogP contribution is 2.45. The van der Waals surface area contributed by atoms with E-state index in [0.717, 1.165) is 0 Å². The normalized spacial score (nSPS) is 17.1. The van der Waals surface area contributed by atoms with Crippen molar-refractivity contribution in [2.24, 2.45) is 0 Å². The zero-order valence-electron chi connectivity index (χ0n) is 13.2. The summed E-state index contributed by atoms with van der Waals surface area (Å²) in [5, 5.41) is 2.59. The zero-order chi connectivity index (χ0) is 15.3. The van der Waals surface area contributed by atoms with Crippen molar-refractivity contribution in [3.8, 4) is 0 Å². The fraction of sp³-hybridized carbons (Fsp3) is 0.200. The summed E-state index contributed by atoms with van der Waals surface area (Å²) in [6, 6.07) is 21.8. The third-order valence-electron chi connectivity index (χ3n) is 4.79. The molecule has 0 saturated heterocycles. The van der Waals surface area contributed by atoms with Crippen molar-refractivity contribution in [3.05, 3.63) is 66.2 Å². The molecule has 110 valence electrons. The molecular formula is C20H20N2. The van der Waals surface area contributed by atoms with Crippen LogP contribution in [0.1, 0.15) is 12.5 Å². The predicted molar refractivity (Wildman–Crippen MR) is 95.1 cm³/mol. The van der Waals surface area contributed by atoms with Gasteiger partial charge < -0.3 is 9.80 Å². The van der Waals surface area contributed by atoms with Gasteiger partial charge in [0.05, 0.1) is 11.4 Å². The molecule has 0 saturated carbocycles. The maximum Gasteiger partial charge on any atom is 0.103 e. The van der Waals surface area contributed by atoms with Crippen LogP contribution in [-0.2, 0) is 0 Å². The summed E-state index contributed by atoms with van der Waals surface area (Å²) in [4.78, 5) is 4.80. The van der Waals surface area contributed by atoms with Gasteiger partial charge in [-0.15, -0.1) is 0 Å². The minimum Gasteiger partial charge on any atom is -0.352 e. The molecule has 0 spiro atoms. The fourth-order valence-electron chi connectivity index (χ4n) is 3.43. The molecule has 22 heavy (non-hydrogen) atoms. The lowest BCUT2D eigenvalue weighted by Crippen LogP contribution is -2.35. The van der Waals surface area contributed by atoms with Crippen LogP contribution in [0.3, 0.4) is 0 Å². The van der Waals surface area contributed by atoms with E-state index in [1.54, 1.807) is 0 Å². The third-order valence-corrected chi connectivity index (χ3v) is 4.79. The number of hydrogen-bond donors (Lipinski definition) is 0. The van der Waals surface area contributed by atoms with Crippen molar-refractivity contribution in [1.29, 1.82) is 0 Å². The average molecular weight is 288 g/mol. The lowest BCUT2D eigenvalue weighted by Gasteiger charge is -2.29. The van der Waals surface area contributed by atoms with Crippen molar-refractivity contribution in [2.75, 3.05) is 16.8 Å². The SMILES string of the molecule is Cc1ccccc1N1c2cc3ccccc3cc2N(C)[C@@H]1C. The summed E-state index contributed by atoms with van der Waals surface area (Å²) in [5.74, 6) is 0. The highest BCUT2D eigenvalue weighted by molar-refractivity contribution is 5.96. The monoisotopic (exact) mass is 288 g/mol. The number of rotatable bonds is 1. The van der Waals surface area contributed by atoms with Gasteiger partial charge in [-0.2, -0.15) is 0 Å². The standard InChI is InChI=1S/C20H20N2/c1-14-8-4-7-11-18(14)22-15(2)21(3)19-12-16-9-5-6-10-17(16)13-20(19)22/h4-13,15H,1-3H3/t15-/m0/s1. The van der Waals surface area contributed by atoms with E-state index in [4.69, 9.17) is 0 Å². The van der Waals surface area contributed by atoms with Crippen LogP contribution in [0.5, 0.6) is 0 Å². The van der Waals surface area contributed by atoms with Crippen LogP contribution in [0.4, 0.5) is 17.1 Å². The fourth-order valence-corrected chi connectivity index (χ4v) is 3.43. The number of benzene rings is 3. The Morgan fingerprint density at radius 1 is 0.773 bits per heavy atom. The molecule has 0 aromatic heterocycles. The number of anilines is 3. The Kier molecular flexibility index (Phi) is 2.86. The predicted octanol–water partition coefficient (Wildman–Crippen LogP) is 5.08. The minimum atomic E-state index is 0.313. The quantitative estimate of drug-likeness (QED) is 0.616. The summed E-state index contributed by atoms with van der Waals surface area (Å²) < 4.78 is 0. The molecule has 1 heterocycles. The largest absolute Gasteiger partial charge is 0.352 e. The first-order chi connectivity index (χ1) is 10.7. The van der Waals surface area contributed by atoms with Crippen molar-refractivity contribution in [3.63, 3.8) is 0 Å². The van der Waals surface area contributed by atoms with Gasteiger partial charge in [0, 0.05) is 12.7 Å². The Bertz CT molecular complexity index is 853. The molecule has 0 radical (unpaired) electrons. The molecular weight excluding hydrogens is 268 g/mol. The van der Waals surface area contributed by atoms with Crippen molar-refractivity contribution >= 4 is 27.8 Å². The van der Waals surface area contributed by atoms with Crippen LogP contribution in [0.25, 0.3) is 10.8 Å². The number of nitrogens with zero attached hydrogens (tertiary/aromatic N) is 2. The molecule has 1 aliphatic rings. The summed E-state index contributed by atoms with van der Waals surface area (Å²) in [5.41, 5.74) is 5.19. The summed E-state index contributed by atoms with van der Waals surface area (Å²) >= 11 is 0. The maximum absolute atomic E-state index is 2.44. The van der Waals surface area contributed by atoms with Gasteiger partial charge in [0.2, 0.25) is 0 Å². The molecule has 4 rings (SSSR count). The minimum absolute atomic E-state index is 0.313. The van der Waals surface area contributed by atoms with E-state index in [0.29, 0.717) is 6.17 Å². The number of para-hydroxylation sites is 1. The molecule has 1 aliphatic heterocycles. The Labute approximate surface area is 131 Å². The number of aryl methyl sites for hydroxylation is 1. The van der Waals surface area contributed by atoms with Gasteiger partial charge >= 0.3 is 0 Å². The molecule has 0 fully saturated rings. The molecule has 3 aromatic rings. The first-order valence-corrected chi connectivity index (χ1v) is 7.77. The second kappa shape index (κ2) is 4.77. The molecule has 0 aliphatic carbocycles. The first-order valence-electron chi connectivity index (χ1n) is 7.77. The molecule has 0 N–H and O–H groups in total. The van der Waals surface area contributed by atoms with Crippen LogP contribution >= 0.6 is 0 Å². The molecule has 2 nitrogen and oxygen atoms in total. The van der Waals surface area contributed by atoms with Crippen molar-refractivity contribution < 1.29 is 0 Å². The topological polar surface area (TPSA) is 6.48 Å². The van der Waals surface area contributed by atoms with Gasteiger partial charge in [0.1, 0.15) is 6.17 Å². The molecule has 0 bridgehead atoms. The smallest absolute Gasteiger partial charge is 0.103 e. The van der Waals surface area contributed by atoms with E-state index in [9.17, 15) is 0 Å². The van der Waals surface area contributed by atoms with Crippen molar-refractivity contribution in [1.82, 2.24) is 0 Å². The lowest BCUT2D eigenvalue weighted by molar-refractivity contribution is 0.733. The van der Waals surface area contributed by atoms with Gasteiger partial charge in [0.15, 0.2) is 0 Å². The summed E-state index contributed by atoms with van der Waals surface area (Å²) in [6.45, 7) is 4.44. The molecule has 0 unspecified atom stereocenters. The van der Waals surface area contributed by atoms with E-state index < -0.39 is 0 Å². The van der Waals surface area contributed by atoms with E-state index in [1.807, 2.05) is 0 Å². The third kappa shape index (κ3) is 1.80. The zero-order valence-corrected chi connectivity index (χ0v) is 13.2. The highest BCUT2D eigenvalue weighted by Gasteiger charge is 2.32. The Hall–Kier alpha value is -2.48. The summed E-state index contributed by atoms with van der Waals surface area (Å²) in [6.07, 6.45) is 0.313. The van der Waals surface area contributed by atoms with Crippen LogP contribution in [0.15, 0.2) is 60.7 Å². The molecule has 3 aromatic carbocycles. The molecule has 2 heteroatoms. The number of fused-ring (bicyclic) bond motifs is 2. The van der Waals surface area contributed by atoms with Gasteiger partial charge in [-0.05, 0) is 48.4 Å². The van der Waals surface area contributed by atoms with Gasteiger partial charge in [-0.3, -0.25) is 0 Å². The Morgan fingerprint density at radius 2 is 1.36 bits per heavy atom. The van der Waals surface area contributed by atoms with Gasteiger partial charge in [-0.1, -0.05) is 42.5 Å². The van der Waals surface area contributed by atoms with Crippen LogP contribution in [-0.4, -0.2) is 13.2 Å². The van der Waals surface area contributed by atoms with E-state index in [1.165, 1.54) is 33.4 Å². The first kappa shape index (κ1) is 13.2. The van der Waals surface area contributed by atoms with Crippen LogP contribution < -0.4 is 9.80 Å². The highest BCUT2D eigenvalue weighted by atomic mass is 15.4. The van der Waals surface area contributed by atoms with Crippen molar-refractivity contribution in [2.45, 2.75) is 20.0 Å². The van der Waals surface area contributed by atoms with Gasteiger partial charge in [-0.25, -0.2) is 0 Å². The second-order valence-corrected chi connectivity index (χ2v) is 6.09.